The molecule has 0 radical (unpaired) electrons. The summed E-state index contributed by atoms with van der Waals surface area (Å²) in [4.78, 5) is 60.1. The van der Waals surface area contributed by atoms with Gasteiger partial charge in [0.25, 0.3) is 0 Å². The number of aliphatic hydroxyl groups excluding tert-OH is 1. The van der Waals surface area contributed by atoms with Crippen molar-refractivity contribution in [2.24, 2.45) is 17.8 Å². The molecular weight excluding hydrogens is 702 g/mol. The topological polar surface area (TPSA) is 125 Å². The van der Waals surface area contributed by atoms with Gasteiger partial charge in [0, 0.05) is 23.8 Å². The molecule has 1 spiro atoms. The molecule has 9 atom stereocenters. The summed E-state index contributed by atoms with van der Waals surface area (Å²) in [6.45, 7) is 13.5. The summed E-state index contributed by atoms with van der Waals surface area (Å²) < 4.78 is 13.1. The van der Waals surface area contributed by atoms with Gasteiger partial charge in [0.05, 0.1) is 36.6 Å². The Morgan fingerprint density at radius 2 is 1.84 bits per heavy atom. The number of benzene rings is 1. The molecular formula is C39H54BrN3O7. The van der Waals surface area contributed by atoms with E-state index in [-0.39, 0.29) is 47.5 Å². The molecule has 1 saturated carbocycles. The number of nitrogens with zero attached hydrogens (tertiary/aromatic N) is 2. The second-order valence-corrected chi connectivity index (χ2v) is 16.1. The largest absolute Gasteiger partial charge is 0.455 e. The fourth-order valence-corrected chi connectivity index (χ4v) is 9.82. The monoisotopic (exact) mass is 755 g/mol. The zero-order chi connectivity index (χ0) is 36.2. The minimum atomic E-state index is -1.29. The Labute approximate surface area is 305 Å². The highest BCUT2D eigenvalue weighted by Gasteiger charge is 2.77. The zero-order valence-electron chi connectivity index (χ0n) is 29.7. The Morgan fingerprint density at radius 1 is 1.14 bits per heavy atom. The molecule has 1 aliphatic carbocycles. The number of carbonyl (C=O) groups is 4. The molecule has 274 valence electrons. The Kier molecular flexibility index (Phi) is 12.6. The summed E-state index contributed by atoms with van der Waals surface area (Å²) in [5.74, 6) is -3.24. The second kappa shape index (κ2) is 16.5. The van der Waals surface area contributed by atoms with Gasteiger partial charge in [-0.15, -0.1) is 13.2 Å². The van der Waals surface area contributed by atoms with Crippen LogP contribution in [0.15, 0.2) is 55.6 Å². The van der Waals surface area contributed by atoms with Crippen LogP contribution in [0.3, 0.4) is 0 Å². The van der Waals surface area contributed by atoms with E-state index in [0.717, 1.165) is 32.1 Å². The van der Waals surface area contributed by atoms with Crippen molar-refractivity contribution in [1.29, 1.82) is 0 Å². The predicted octanol–water partition coefficient (Wildman–Crippen LogP) is 5.24. The van der Waals surface area contributed by atoms with Gasteiger partial charge in [-0.25, -0.2) is 0 Å². The maximum absolute atomic E-state index is 15.0. The lowest BCUT2D eigenvalue weighted by Crippen LogP contribution is -2.60. The highest BCUT2D eigenvalue weighted by atomic mass is 79.9. The molecule has 10 nitrogen and oxygen atoms in total. The number of fused-ring (bicyclic) bond motifs is 1. The quantitative estimate of drug-likeness (QED) is 0.134. The van der Waals surface area contributed by atoms with E-state index in [1.807, 2.05) is 49.1 Å². The summed E-state index contributed by atoms with van der Waals surface area (Å²) >= 11 is 3.77. The number of hydrogen-bond acceptors (Lipinski definition) is 7. The van der Waals surface area contributed by atoms with Crippen molar-refractivity contribution in [2.45, 2.75) is 125 Å². The molecule has 1 aromatic carbocycles. The number of carbonyl (C=O) groups excluding carboxylic acids is 4. The summed E-state index contributed by atoms with van der Waals surface area (Å²) in [6.07, 6.45) is 8.35. The first-order valence-corrected chi connectivity index (χ1v) is 19.2. The molecule has 11 heteroatoms. The van der Waals surface area contributed by atoms with Crippen molar-refractivity contribution < 1.29 is 33.8 Å². The number of allylic oxidation sites excluding steroid dienone is 1. The molecule has 4 aliphatic rings. The smallest absolute Gasteiger partial charge is 0.313 e. The van der Waals surface area contributed by atoms with Crippen LogP contribution < -0.4 is 5.32 Å². The predicted molar refractivity (Wildman–Crippen MR) is 194 cm³/mol. The van der Waals surface area contributed by atoms with Crippen molar-refractivity contribution >= 4 is 39.6 Å². The number of likely N-dealkylation sites (tertiary alicyclic amines) is 1. The summed E-state index contributed by atoms with van der Waals surface area (Å²) in [6, 6.07) is 6.99. The molecule has 1 aromatic rings. The van der Waals surface area contributed by atoms with Gasteiger partial charge in [0.15, 0.2) is 0 Å². The summed E-state index contributed by atoms with van der Waals surface area (Å²) in [5.41, 5.74) is -0.592. The Hall–Kier alpha value is -3.02. The Morgan fingerprint density at radius 3 is 2.46 bits per heavy atom. The van der Waals surface area contributed by atoms with Gasteiger partial charge in [-0.3, -0.25) is 19.2 Å². The van der Waals surface area contributed by atoms with Gasteiger partial charge in [0.1, 0.15) is 17.7 Å². The maximum atomic E-state index is 15.0. The van der Waals surface area contributed by atoms with E-state index in [9.17, 15) is 24.3 Å². The van der Waals surface area contributed by atoms with E-state index in [1.165, 1.54) is 0 Å². The van der Waals surface area contributed by atoms with Crippen LogP contribution in [0, 0.1) is 17.8 Å². The van der Waals surface area contributed by atoms with Crippen molar-refractivity contribution in [1.82, 2.24) is 15.1 Å². The van der Waals surface area contributed by atoms with Crippen molar-refractivity contribution in [2.75, 3.05) is 13.2 Å². The number of halogens is 1. The van der Waals surface area contributed by atoms with Gasteiger partial charge in [-0.2, -0.15) is 0 Å². The number of esters is 1. The number of amides is 3. The molecule has 3 saturated heterocycles. The van der Waals surface area contributed by atoms with Crippen molar-refractivity contribution in [3.05, 3.63) is 61.2 Å². The first kappa shape index (κ1) is 38.2. The van der Waals surface area contributed by atoms with Crippen LogP contribution in [0.4, 0.5) is 0 Å². The molecule has 3 amide bonds. The average Bonchev–Trinajstić information content (AvgIpc) is 3.70. The van der Waals surface area contributed by atoms with E-state index >= 15 is 0 Å². The van der Waals surface area contributed by atoms with Crippen LogP contribution in [0.2, 0.25) is 0 Å². The van der Waals surface area contributed by atoms with Crippen LogP contribution >= 0.6 is 15.9 Å². The lowest BCUT2D eigenvalue weighted by atomic mass is 9.70. The number of hydrogen-bond donors (Lipinski definition) is 2. The minimum Gasteiger partial charge on any atom is -0.455 e. The molecule has 4 fully saturated rings. The number of ether oxygens (including phenoxy) is 2. The highest BCUT2D eigenvalue weighted by molar-refractivity contribution is 9.09. The molecule has 2 N–H and O–H groups in total. The van der Waals surface area contributed by atoms with Crippen LogP contribution in [0.1, 0.15) is 90.2 Å². The van der Waals surface area contributed by atoms with E-state index in [2.05, 4.69) is 34.4 Å². The molecule has 50 heavy (non-hydrogen) atoms. The molecule has 1 unspecified atom stereocenters. The molecule has 3 heterocycles. The standard InChI is InChI=1S/C39H54BrN3O7/c1-6-8-19-30(45)41-25(5)33(26-15-11-9-12-16-26)49-38(48)31-32-36(46)43(28(23-44)21-24(3)4)35(39(32)22-29(40)34(31)50-39)37(47)42(20-7-2)27-17-13-10-14-18-27/h6-7,9,11-12,15-16,24-25,27-29,31-35,44H,1-2,8,10,13-14,17-23H2,3-5H3,(H,41,45)/t25-,28+,29?,31-,32+,33-,34-,35-,39+/m0/s1. The van der Waals surface area contributed by atoms with Crippen LogP contribution in [0.5, 0.6) is 0 Å². The zero-order valence-corrected chi connectivity index (χ0v) is 31.3. The first-order valence-electron chi connectivity index (χ1n) is 18.3. The van der Waals surface area contributed by atoms with Gasteiger partial charge in [-0.1, -0.05) is 91.5 Å². The number of alkyl halides is 1. The molecule has 3 aliphatic heterocycles. The third-order valence-corrected chi connectivity index (χ3v) is 11.8. The summed E-state index contributed by atoms with van der Waals surface area (Å²) in [7, 11) is 0. The van der Waals surface area contributed by atoms with Gasteiger partial charge < -0.3 is 29.7 Å². The SMILES string of the molecule is C=CCCC(=O)N[C@@H](C)[C@H](OC(=O)[C@@H]1[C@H]2O[C@@]3(CC2Br)[C@H](C(=O)N(CC=C)C2CCCCC2)N([C@@H](CO)CC(C)C)C(=O)[C@@H]13)c1ccccc1. The average molecular weight is 757 g/mol. The van der Waals surface area contributed by atoms with Crippen LogP contribution in [-0.4, -0.2) is 92.4 Å². The Balaban J connectivity index is 1.52. The second-order valence-electron chi connectivity index (χ2n) is 14.9. The molecule has 2 bridgehead atoms. The van der Waals surface area contributed by atoms with E-state index in [4.69, 9.17) is 9.47 Å². The maximum Gasteiger partial charge on any atom is 0.313 e. The third-order valence-electron chi connectivity index (χ3n) is 11.0. The molecule has 0 aromatic heterocycles. The van der Waals surface area contributed by atoms with E-state index < -0.39 is 53.7 Å². The minimum absolute atomic E-state index is 0.00766. The lowest BCUT2D eigenvalue weighted by molar-refractivity contribution is -0.162. The number of aliphatic hydroxyl groups is 1. The van der Waals surface area contributed by atoms with Gasteiger partial charge in [0.2, 0.25) is 17.7 Å². The first-order chi connectivity index (χ1) is 24.0. The van der Waals surface area contributed by atoms with Crippen molar-refractivity contribution in [3.63, 3.8) is 0 Å². The van der Waals surface area contributed by atoms with Gasteiger partial charge >= 0.3 is 5.97 Å². The number of rotatable bonds is 16. The van der Waals surface area contributed by atoms with Crippen molar-refractivity contribution in [3.8, 4) is 0 Å². The number of nitrogens with one attached hydrogen (secondary N) is 1. The van der Waals surface area contributed by atoms with Gasteiger partial charge in [-0.05, 0) is 50.5 Å². The lowest BCUT2D eigenvalue weighted by Gasteiger charge is -2.42. The summed E-state index contributed by atoms with van der Waals surface area (Å²) in [5, 5.41) is 13.7. The fraction of sp³-hybridized carbons (Fsp3) is 0.641. The fourth-order valence-electron chi connectivity index (χ4n) is 8.88. The van der Waals surface area contributed by atoms with Crippen LogP contribution in [-0.2, 0) is 28.7 Å². The third kappa shape index (κ3) is 7.46. The molecule has 5 rings (SSSR count). The highest BCUT2D eigenvalue weighted by Crippen LogP contribution is 2.61. The van der Waals surface area contributed by atoms with E-state index in [1.54, 1.807) is 24.0 Å². The Bertz CT molecular complexity index is 1400. The normalized spacial score (nSPS) is 29.3. The van der Waals surface area contributed by atoms with Crippen LogP contribution in [0.25, 0.3) is 0 Å². The van der Waals surface area contributed by atoms with E-state index in [0.29, 0.717) is 31.4 Å².